The van der Waals surface area contributed by atoms with Crippen LogP contribution in [0.15, 0.2) is 41.3 Å². The molecule has 142 valence electrons. The number of carbonyl (C=O) groups excluding carboxylic acids is 1. The summed E-state index contributed by atoms with van der Waals surface area (Å²) in [6.07, 6.45) is 0. The lowest BCUT2D eigenvalue weighted by molar-refractivity contribution is -0.137. The topological polar surface area (TPSA) is 113 Å². The average molecular weight is 394 g/mol. The normalized spacial score (nSPS) is 13.7. The highest BCUT2D eigenvalue weighted by atomic mass is 32.2. The Kier molecular flexibility index (Phi) is 4.75. The number of anilines is 2. The van der Waals surface area contributed by atoms with Crippen molar-refractivity contribution in [3.05, 3.63) is 47.8 Å². The number of nitrogens with one attached hydrogen (secondary N) is 1. The van der Waals surface area contributed by atoms with Gasteiger partial charge in [0.05, 0.1) is 16.3 Å². The van der Waals surface area contributed by atoms with E-state index in [-0.39, 0.29) is 28.6 Å². The van der Waals surface area contributed by atoms with Crippen LogP contribution in [-0.2, 0) is 19.6 Å². The van der Waals surface area contributed by atoms with Gasteiger partial charge >= 0.3 is 5.97 Å². The maximum atomic E-state index is 13.2. The number of hydrogen-bond acceptors (Lipinski definition) is 5. The average Bonchev–Trinajstić information content (AvgIpc) is 2.59. The molecular weight excluding hydrogens is 379 g/mol. The van der Waals surface area contributed by atoms with Crippen molar-refractivity contribution >= 4 is 33.3 Å². The number of fused-ring (bicyclic) bond motifs is 1. The molecule has 0 spiro atoms. The number of carboxylic acid groups (broad SMARTS) is 1. The standard InChI is InChI=1S/C17H15FN2O6S/c1-10-6-11(18)2-4-13(10)19-27(24,25)12-3-5-15-14(7-12)20(8-17(22)23)16(21)9-26-15/h2-7,19H,8-9H2,1H3,(H,22,23). The zero-order valence-electron chi connectivity index (χ0n) is 14.1. The second-order valence-electron chi connectivity index (χ2n) is 5.86. The van der Waals surface area contributed by atoms with Gasteiger partial charge in [-0.2, -0.15) is 0 Å². The Morgan fingerprint density at radius 3 is 2.70 bits per heavy atom. The molecular formula is C17H15FN2O6S. The Bertz CT molecular complexity index is 1040. The fraction of sp³-hybridized carbons (Fsp3) is 0.176. The predicted octanol–water partition coefficient (Wildman–Crippen LogP) is 1.74. The summed E-state index contributed by atoms with van der Waals surface area (Å²) in [5, 5.41) is 8.99. The van der Waals surface area contributed by atoms with E-state index >= 15 is 0 Å². The zero-order chi connectivity index (χ0) is 19.8. The van der Waals surface area contributed by atoms with Crippen LogP contribution in [0.5, 0.6) is 5.75 Å². The smallest absolute Gasteiger partial charge is 0.323 e. The van der Waals surface area contributed by atoms with E-state index in [1.54, 1.807) is 6.92 Å². The Morgan fingerprint density at radius 1 is 1.30 bits per heavy atom. The third kappa shape index (κ3) is 3.85. The lowest BCUT2D eigenvalue weighted by Crippen LogP contribution is -2.42. The van der Waals surface area contributed by atoms with Gasteiger partial charge < -0.3 is 9.84 Å². The Morgan fingerprint density at radius 2 is 2.04 bits per heavy atom. The molecule has 0 radical (unpaired) electrons. The third-order valence-electron chi connectivity index (χ3n) is 3.91. The van der Waals surface area contributed by atoms with Gasteiger partial charge in [0, 0.05) is 0 Å². The molecule has 0 aromatic heterocycles. The fourth-order valence-electron chi connectivity index (χ4n) is 2.60. The largest absolute Gasteiger partial charge is 0.482 e. The summed E-state index contributed by atoms with van der Waals surface area (Å²) in [4.78, 5) is 23.7. The second-order valence-corrected chi connectivity index (χ2v) is 7.54. The SMILES string of the molecule is Cc1cc(F)ccc1NS(=O)(=O)c1ccc2c(c1)N(CC(=O)O)C(=O)CO2. The van der Waals surface area contributed by atoms with E-state index in [0.29, 0.717) is 5.56 Å². The summed E-state index contributed by atoms with van der Waals surface area (Å²) in [6.45, 7) is 0.595. The van der Waals surface area contributed by atoms with Crippen LogP contribution in [0.25, 0.3) is 0 Å². The predicted molar refractivity (Wildman–Crippen MR) is 93.9 cm³/mol. The van der Waals surface area contributed by atoms with E-state index in [2.05, 4.69) is 4.72 Å². The van der Waals surface area contributed by atoms with Crippen molar-refractivity contribution in [3.63, 3.8) is 0 Å². The van der Waals surface area contributed by atoms with Gasteiger partial charge in [-0.15, -0.1) is 0 Å². The summed E-state index contributed by atoms with van der Waals surface area (Å²) < 4.78 is 46.1. The molecule has 0 unspecified atom stereocenters. The number of carbonyl (C=O) groups is 2. The van der Waals surface area contributed by atoms with Crippen molar-refractivity contribution in [3.8, 4) is 5.75 Å². The van der Waals surface area contributed by atoms with Crippen molar-refractivity contribution in [1.82, 2.24) is 0 Å². The van der Waals surface area contributed by atoms with Crippen LogP contribution in [0.4, 0.5) is 15.8 Å². The van der Waals surface area contributed by atoms with Crippen LogP contribution in [-0.4, -0.2) is 38.6 Å². The molecule has 1 aliphatic heterocycles. The van der Waals surface area contributed by atoms with Crippen LogP contribution in [0.3, 0.4) is 0 Å². The molecule has 0 bridgehead atoms. The molecule has 0 saturated heterocycles. The molecule has 0 saturated carbocycles. The zero-order valence-corrected chi connectivity index (χ0v) is 14.9. The summed E-state index contributed by atoms with van der Waals surface area (Å²) in [6, 6.07) is 7.39. The van der Waals surface area contributed by atoms with E-state index < -0.39 is 34.3 Å². The van der Waals surface area contributed by atoms with E-state index in [4.69, 9.17) is 9.84 Å². The second kappa shape index (κ2) is 6.88. The number of aryl methyl sites for hydroxylation is 1. The first-order valence-corrected chi connectivity index (χ1v) is 9.23. The Labute approximate surface area is 154 Å². The van der Waals surface area contributed by atoms with Crippen LogP contribution in [0.2, 0.25) is 0 Å². The van der Waals surface area contributed by atoms with Crippen molar-refractivity contribution in [2.24, 2.45) is 0 Å². The molecule has 3 rings (SSSR count). The van der Waals surface area contributed by atoms with Gasteiger partial charge in [0.1, 0.15) is 18.1 Å². The fourth-order valence-corrected chi connectivity index (χ4v) is 3.75. The number of ether oxygens (including phenoxy) is 1. The molecule has 10 heteroatoms. The minimum atomic E-state index is -4.06. The number of amides is 1. The molecule has 0 fully saturated rings. The maximum absolute atomic E-state index is 13.2. The molecule has 2 aromatic rings. The Balaban J connectivity index is 1.98. The molecule has 2 N–H and O–H groups in total. The highest BCUT2D eigenvalue weighted by molar-refractivity contribution is 7.92. The monoisotopic (exact) mass is 394 g/mol. The molecule has 1 amide bonds. The van der Waals surface area contributed by atoms with Crippen LogP contribution in [0.1, 0.15) is 5.56 Å². The van der Waals surface area contributed by atoms with E-state index in [1.807, 2.05) is 0 Å². The van der Waals surface area contributed by atoms with Crippen LogP contribution in [0, 0.1) is 12.7 Å². The number of sulfonamides is 1. The van der Waals surface area contributed by atoms with Crippen molar-refractivity contribution in [1.29, 1.82) is 0 Å². The van der Waals surface area contributed by atoms with Gasteiger partial charge in [0.15, 0.2) is 6.61 Å². The van der Waals surface area contributed by atoms with E-state index in [9.17, 15) is 22.4 Å². The first-order chi connectivity index (χ1) is 12.7. The number of aliphatic carboxylic acids is 1. The summed E-state index contributed by atoms with van der Waals surface area (Å²) in [5.41, 5.74) is 0.638. The summed E-state index contributed by atoms with van der Waals surface area (Å²) in [5.74, 6) is -2.14. The van der Waals surface area contributed by atoms with Crippen molar-refractivity contribution in [2.45, 2.75) is 11.8 Å². The first kappa shape index (κ1) is 18.6. The van der Waals surface area contributed by atoms with Gasteiger partial charge in [-0.3, -0.25) is 19.2 Å². The molecule has 0 aliphatic carbocycles. The van der Waals surface area contributed by atoms with Crippen LogP contribution < -0.4 is 14.4 Å². The molecule has 1 heterocycles. The van der Waals surface area contributed by atoms with Crippen molar-refractivity contribution in [2.75, 3.05) is 22.8 Å². The lowest BCUT2D eigenvalue weighted by atomic mass is 10.2. The van der Waals surface area contributed by atoms with E-state index in [1.165, 1.54) is 24.3 Å². The number of carboxylic acids is 1. The van der Waals surface area contributed by atoms with Gasteiger partial charge in [0.25, 0.3) is 15.9 Å². The molecule has 0 atom stereocenters. The highest BCUT2D eigenvalue weighted by Crippen LogP contribution is 2.34. The summed E-state index contributed by atoms with van der Waals surface area (Å²) >= 11 is 0. The number of rotatable bonds is 5. The van der Waals surface area contributed by atoms with Gasteiger partial charge in [-0.1, -0.05) is 0 Å². The quantitative estimate of drug-likeness (QED) is 0.799. The molecule has 1 aliphatic rings. The third-order valence-corrected chi connectivity index (χ3v) is 5.27. The first-order valence-electron chi connectivity index (χ1n) is 7.75. The molecule has 8 nitrogen and oxygen atoms in total. The van der Waals surface area contributed by atoms with Gasteiger partial charge in [-0.05, 0) is 48.9 Å². The maximum Gasteiger partial charge on any atom is 0.323 e. The minimum Gasteiger partial charge on any atom is -0.482 e. The minimum absolute atomic E-state index is 0.0485. The highest BCUT2D eigenvalue weighted by Gasteiger charge is 2.29. The number of halogens is 1. The lowest BCUT2D eigenvalue weighted by Gasteiger charge is -2.28. The van der Waals surface area contributed by atoms with Gasteiger partial charge in [0.2, 0.25) is 0 Å². The van der Waals surface area contributed by atoms with Crippen molar-refractivity contribution < 1.29 is 32.2 Å². The number of hydrogen-bond donors (Lipinski definition) is 2. The number of nitrogens with zero attached hydrogens (tertiary/aromatic N) is 1. The van der Waals surface area contributed by atoms with Gasteiger partial charge in [-0.25, -0.2) is 12.8 Å². The molecule has 2 aromatic carbocycles. The van der Waals surface area contributed by atoms with E-state index in [0.717, 1.165) is 17.0 Å². The number of benzene rings is 2. The molecule has 27 heavy (non-hydrogen) atoms. The summed E-state index contributed by atoms with van der Waals surface area (Å²) in [7, 11) is -4.06. The Hall–Kier alpha value is -3.14. The van der Waals surface area contributed by atoms with Crippen LogP contribution >= 0.6 is 0 Å².